The van der Waals surface area contributed by atoms with Gasteiger partial charge in [-0.15, -0.1) is 0 Å². The second kappa shape index (κ2) is 58.3. The lowest BCUT2D eigenvalue weighted by Gasteiger charge is -2.48. The third-order valence-corrected chi connectivity index (χ3v) is 19.4. The Balaban J connectivity index is 1.40. The van der Waals surface area contributed by atoms with Crippen molar-refractivity contribution in [3.05, 3.63) is 48.6 Å². The molecule has 0 aromatic carbocycles. The Hall–Kier alpha value is -2.25. The van der Waals surface area contributed by atoms with E-state index in [1.807, 2.05) is 6.08 Å². The standard InChI is InChI=1S/C77H141NO18/c1-3-5-7-9-11-13-15-17-19-21-23-25-26-27-28-29-30-31-32-33-35-36-38-40-42-44-46-48-50-52-54-61(82)60(78-65(83)55-53-51-49-47-45-43-41-39-37-34-24-22-20-18-16-14-12-10-8-6-4-2)59-91-75-71(89)68(86)73(63(57-80)93-75)96-77-72(90)69(87)74(64(58-81)94-77)95-76-70(88)67(85)66(84)62(56-79)92-76/h16,18,22,24,37,39,52,54,60-64,66-77,79-82,84-90H,3-15,17,19-21,23,25-36,38,40-51,53,55-59H2,1-2H3,(H,78,83)/b18-16-,24-22-,39-37-,54-52+. The quantitative estimate of drug-likeness (QED) is 0.0199. The number of rotatable bonds is 61. The van der Waals surface area contributed by atoms with Crippen molar-refractivity contribution in [2.24, 2.45) is 0 Å². The van der Waals surface area contributed by atoms with Crippen molar-refractivity contribution >= 4 is 5.91 Å². The van der Waals surface area contributed by atoms with Crippen LogP contribution in [-0.4, -0.2) is 193 Å². The molecule has 0 saturated carbocycles. The zero-order valence-corrected chi connectivity index (χ0v) is 59.9. The van der Waals surface area contributed by atoms with Gasteiger partial charge in [0.05, 0.1) is 38.6 Å². The molecule has 0 bridgehead atoms. The van der Waals surface area contributed by atoms with Gasteiger partial charge in [0.15, 0.2) is 18.9 Å². The normalized spacial score (nSPS) is 27.3. The number of amides is 1. The predicted octanol–water partition coefficient (Wildman–Crippen LogP) is 12.1. The van der Waals surface area contributed by atoms with Crippen LogP contribution in [0.5, 0.6) is 0 Å². The molecule has 562 valence electrons. The molecule has 12 N–H and O–H groups in total. The summed E-state index contributed by atoms with van der Waals surface area (Å²) in [5.74, 6) is -0.285. The maximum atomic E-state index is 13.4. The molecule has 0 spiro atoms. The fraction of sp³-hybridized carbons (Fsp3) is 0.883. The van der Waals surface area contributed by atoms with Crippen molar-refractivity contribution in [1.82, 2.24) is 5.32 Å². The van der Waals surface area contributed by atoms with E-state index in [-0.39, 0.29) is 18.9 Å². The van der Waals surface area contributed by atoms with Crippen LogP contribution in [0.25, 0.3) is 0 Å². The van der Waals surface area contributed by atoms with Crippen molar-refractivity contribution in [3.63, 3.8) is 0 Å². The molecule has 96 heavy (non-hydrogen) atoms. The highest BCUT2D eigenvalue weighted by molar-refractivity contribution is 5.76. The van der Waals surface area contributed by atoms with Gasteiger partial charge < -0.3 is 89.9 Å². The van der Waals surface area contributed by atoms with E-state index in [0.29, 0.717) is 6.42 Å². The smallest absolute Gasteiger partial charge is 0.220 e. The summed E-state index contributed by atoms with van der Waals surface area (Å²) >= 11 is 0. The van der Waals surface area contributed by atoms with Crippen LogP contribution in [-0.2, 0) is 33.2 Å². The first-order valence-corrected chi connectivity index (χ1v) is 38.9. The minimum atomic E-state index is -1.98. The molecule has 3 aliphatic rings. The SMILES string of the molecule is CCCCCCC/C=C\C/C=C\C/C=C\CCCCCCCCC(=O)NC(COC1OC(CO)C(OC2OC(CO)C(OC3OC(CO)C(O)C(O)C3O)C(O)C2O)C(O)C1O)C(O)/C=C/CCCCCCCCCCCCCCCCCCCCCCCCCCCCCC. The molecule has 1 amide bonds. The number of hydrogen-bond acceptors (Lipinski definition) is 18. The summed E-state index contributed by atoms with van der Waals surface area (Å²) in [5.41, 5.74) is 0. The summed E-state index contributed by atoms with van der Waals surface area (Å²) in [4.78, 5) is 13.4. The van der Waals surface area contributed by atoms with Crippen molar-refractivity contribution in [3.8, 4) is 0 Å². The molecule has 3 rings (SSSR count). The molecule has 17 unspecified atom stereocenters. The molecule has 0 aromatic rings. The Morgan fingerprint density at radius 3 is 1.07 bits per heavy atom. The van der Waals surface area contributed by atoms with E-state index in [1.165, 1.54) is 199 Å². The number of allylic oxidation sites excluding steroid dienone is 7. The van der Waals surface area contributed by atoms with Gasteiger partial charge in [-0.1, -0.05) is 287 Å². The third kappa shape index (κ3) is 38.7. The van der Waals surface area contributed by atoms with E-state index >= 15 is 0 Å². The zero-order chi connectivity index (χ0) is 69.6. The first kappa shape index (κ1) is 88.0. The Kier molecular flexibility index (Phi) is 53.4. The Labute approximate surface area is 580 Å². The van der Waals surface area contributed by atoms with Gasteiger partial charge >= 0.3 is 0 Å². The van der Waals surface area contributed by atoms with Crippen LogP contribution in [0.4, 0.5) is 0 Å². The first-order chi connectivity index (χ1) is 46.8. The highest BCUT2D eigenvalue weighted by atomic mass is 16.8. The topological polar surface area (TPSA) is 307 Å². The molecule has 0 radical (unpaired) electrons. The molecule has 17 atom stereocenters. The van der Waals surface area contributed by atoms with Gasteiger partial charge in [-0.2, -0.15) is 0 Å². The van der Waals surface area contributed by atoms with Crippen LogP contribution in [0.3, 0.4) is 0 Å². The van der Waals surface area contributed by atoms with E-state index in [2.05, 4.69) is 55.6 Å². The van der Waals surface area contributed by atoms with Gasteiger partial charge in [0.25, 0.3) is 0 Å². The molecule has 3 heterocycles. The summed E-state index contributed by atoms with van der Waals surface area (Å²) in [7, 11) is 0. The summed E-state index contributed by atoms with van der Waals surface area (Å²) in [5, 5.41) is 121. The highest BCUT2D eigenvalue weighted by Crippen LogP contribution is 2.33. The van der Waals surface area contributed by atoms with Crippen LogP contribution in [0.15, 0.2) is 48.6 Å². The van der Waals surface area contributed by atoms with Crippen LogP contribution in [0.2, 0.25) is 0 Å². The molecule has 19 heteroatoms. The molecular weight excluding hydrogens is 1230 g/mol. The Bertz CT molecular complexity index is 1930. The van der Waals surface area contributed by atoms with Crippen molar-refractivity contribution in [2.75, 3.05) is 26.4 Å². The third-order valence-electron chi connectivity index (χ3n) is 19.4. The van der Waals surface area contributed by atoms with E-state index in [4.69, 9.17) is 28.4 Å². The maximum Gasteiger partial charge on any atom is 0.220 e. The highest BCUT2D eigenvalue weighted by Gasteiger charge is 2.53. The first-order valence-electron chi connectivity index (χ1n) is 38.9. The molecule has 19 nitrogen and oxygen atoms in total. The lowest BCUT2D eigenvalue weighted by atomic mass is 9.96. The number of aliphatic hydroxyl groups is 11. The molecule has 0 aliphatic carbocycles. The van der Waals surface area contributed by atoms with Gasteiger partial charge in [-0.05, 0) is 57.8 Å². The molecular formula is C77H141NO18. The average Bonchev–Trinajstić information content (AvgIpc) is 0.785. The van der Waals surface area contributed by atoms with Crippen LogP contribution in [0.1, 0.15) is 303 Å². The van der Waals surface area contributed by atoms with Crippen LogP contribution < -0.4 is 5.32 Å². The van der Waals surface area contributed by atoms with Crippen molar-refractivity contribution < 1.29 is 89.4 Å². The minimum absolute atomic E-state index is 0.228. The number of hydrogen-bond donors (Lipinski definition) is 12. The maximum absolute atomic E-state index is 13.4. The minimum Gasteiger partial charge on any atom is -0.394 e. The molecule has 3 aliphatic heterocycles. The van der Waals surface area contributed by atoms with E-state index in [1.54, 1.807) is 6.08 Å². The van der Waals surface area contributed by atoms with Crippen molar-refractivity contribution in [2.45, 2.75) is 407 Å². The Morgan fingerprint density at radius 1 is 0.375 bits per heavy atom. The second-order valence-corrected chi connectivity index (χ2v) is 27.8. The van der Waals surface area contributed by atoms with E-state index in [9.17, 15) is 61.0 Å². The van der Waals surface area contributed by atoms with E-state index < -0.39 is 124 Å². The summed E-state index contributed by atoms with van der Waals surface area (Å²) in [6.45, 7) is 1.75. The van der Waals surface area contributed by atoms with Crippen LogP contribution >= 0.6 is 0 Å². The number of nitrogens with one attached hydrogen (secondary N) is 1. The molecule has 3 saturated heterocycles. The monoisotopic (exact) mass is 1370 g/mol. The molecule has 3 fully saturated rings. The van der Waals surface area contributed by atoms with Crippen molar-refractivity contribution in [1.29, 1.82) is 0 Å². The van der Waals surface area contributed by atoms with Crippen LogP contribution in [0, 0.1) is 0 Å². The number of carbonyl (C=O) groups excluding carboxylic acids is 1. The number of aliphatic hydroxyl groups excluding tert-OH is 11. The summed E-state index contributed by atoms with van der Waals surface area (Å²) < 4.78 is 34.4. The number of ether oxygens (including phenoxy) is 6. The number of unbranched alkanes of at least 4 members (excludes halogenated alkanes) is 39. The second-order valence-electron chi connectivity index (χ2n) is 27.8. The van der Waals surface area contributed by atoms with Gasteiger partial charge in [0.2, 0.25) is 5.91 Å². The fourth-order valence-electron chi connectivity index (χ4n) is 13.1. The van der Waals surface area contributed by atoms with Gasteiger partial charge in [0, 0.05) is 6.42 Å². The molecule has 0 aromatic heterocycles. The predicted molar refractivity (Wildman–Crippen MR) is 379 cm³/mol. The zero-order valence-electron chi connectivity index (χ0n) is 59.9. The lowest BCUT2D eigenvalue weighted by molar-refractivity contribution is -0.379. The lowest BCUT2D eigenvalue weighted by Crippen LogP contribution is -2.66. The fourth-order valence-corrected chi connectivity index (χ4v) is 13.1. The number of carbonyl (C=O) groups is 1. The van der Waals surface area contributed by atoms with Gasteiger partial charge in [-0.3, -0.25) is 4.79 Å². The summed E-state index contributed by atoms with van der Waals surface area (Å²) in [6.07, 6.45) is 45.2. The van der Waals surface area contributed by atoms with E-state index in [0.717, 1.165) is 77.0 Å². The average molecular weight is 1370 g/mol. The van der Waals surface area contributed by atoms with Gasteiger partial charge in [-0.25, -0.2) is 0 Å². The summed E-state index contributed by atoms with van der Waals surface area (Å²) in [6, 6.07) is -0.983. The largest absolute Gasteiger partial charge is 0.394 e. The van der Waals surface area contributed by atoms with Gasteiger partial charge in [0.1, 0.15) is 73.2 Å². The Morgan fingerprint density at radius 2 is 0.688 bits per heavy atom.